The third-order valence-corrected chi connectivity index (χ3v) is 3.52. The van der Waals surface area contributed by atoms with Crippen molar-refractivity contribution >= 4 is 17.5 Å². The molecule has 0 unspecified atom stereocenters. The molecule has 1 fully saturated rings. The van der Waals surface area contributed by atoms with Gasteiger partial charge in [-0.2, -0.15) is 0 Å². The number of hydrogen-bond acceptors (Lipinski definition) is 6. The standard InChI is InChI=1S/C13H19N3O4/c1-16(8-13(19)3-6-20-7-4-13)11-10(14)9(12(17)18)2-5-15-11/h2,5,19H,3-4,6-8,14H2,1H3,(H,17,18). The van der Waals surface area contributed by atoms with Crippen molar-refractivity contribution in [3.8, 4) is 0 Å². The second-order valence-electron chi connectivity index (χ2n) is 5.09. The van der Waals surface area contributed by atoms with E-state index in [0.29, 0.717) is 38.4 Å². The lowest BCUT2D eigenvalue weighted by molar-refractivity contribution is -0.0573. The van der Waals surface area contributed by atoms with Crippen LogP contribution in [0, 0.1) is 0 Å². The smallest absolute Gasteiger partial charge is 0.337 e. The van der Waals surface area contributed by atoms with Gasteiger partial charge in [-0.15, -0.1) is 0 Å². The van der Waals surface area contributed by atoms with E-state index < -0.39 is 11.6 Å². The maximum atomic E-state index is 11.1. The summed E-state index contributed by atoms with van der Waals surface area (Å²) in [5.74, 6) is -0.728. The van der Waals surface area contributed by atoms with E-state index in [1.165, 1.54) is 12.3 Å². The number of nitrogens with zero attached hydrogens (tertiary/aromatic N) is 2. The Morgan fingerprint density at radius 3 is 2.80 bits per heavy atom. The summed E-state index contributed by atoms with van der Waals surface area (Å²) in [5.41, 5.74) is 5.11. The van der Waals surface area contributed by atoms with Crippen LogP contribution in [0.2, 0.25) is 0 Å². The largest absolute Gasteiger partial charge is 0.478 e. The lowest BCUT2D eigenvalue weighted by atomic mass is 9.94. The SMILES string of the molecule is CN(CC1(O)CCOCC1)c1nccc(C(=O)O)c1N. The maximum absolute atomic E-state index is 11.1. The molecule has 0 spiro atoms. The molecule has 110 valence electrons. The minimum Gasteiger partial charge on any atom is -0.478 e. The van der Waals surface area contributed by atoms with Crippen LogP contribution in [-0.4, -0.2) is 53.6 Å². The topological polar surface area (TPSA) is 109 Å². The Morgan fingerprint density at radius 1 is 1.55 bits per heavy atom. The molecule has 7 nitrogen and oxygen atoms in total. The fraction of sp³-hybridized carbons (Fsp3) is 0.538. The van der Waals surface area contributed by atoms with E-state index in [1.807, 2.05) is 0 Å². The molecule has 1 aliphatic heterocycles. The van der Waals surface area contributed by atoms with Crippen molar-refractivity contribution in [3.63, 3.8) is 0 Å². The Balaban J connectivity index is 2.18. The van der Waals surface area contributed by atoms with Crippen molar-refractivity contribution < 1.29 is 19.7 Å². The van der Waals surface area contributed by atoms with Crippen LogP contribution in [-0.2, 0) is 4.74 Å². The first-order valence-electron chi connectivity index (χ1n) is 6.42. The van der Waals surface area contributed by atoms with Crippen molar-refractivity contribution in [2.75, 3.05) is 37.4 Å². The van der Waals surface area contributed by atoms with Crippen LogP contribution in [0.15, 0.2) is 12.3 Å². The second-order valence-corrected chi connectivity index (χ2v) is 5.09. The molecule has 0 saturated carbocycles. The molecule has 0 bridgehead atoms. The number of anilines is 2. The number of carboxylic acid groups (broad SMARTS) is 1. The van der Waals surface area contributed by atoms with E-state index in [1.54, 1.807) is 11.9 Å². The van der Waals surface area contributed by atoms with Crippen molar-refractivity contribution in [2.45, 2.75) is 18.4 Å². The monoisotopic (exact) mass is 281 g/mol. The van der Waals surface area contributed by atoms with Crippen LogP contribution in [0.3, 0.4) is 0 Å². The minimum atomic E-state index is -1.09. The summed E-state index contributed by atoms with van der Waals surface area (Å²) in [5, 5.41) is 19.5. The molecule has 2 rings (SSSR count). The summed E-state index contributed by atoms with van der Waals surface area (Å²) >= 11 is 0. The predicted octanol–water partition coefficient (Wildman–Crippen LogP) is 0.340. The number of aromatic carboxylic acids is 1. The van der Waals surface area contributed by atoms with E-state index in [0.717, 1.165) is 0 Å². The molecule has 1 aromatic rings. The molecule has 0 atom stereocenters. The van der Waals surface area contributed by atoms with Crippen molar-refractivity contribution in [2.24, 2.45) is 0 Å². The number of pyridine rings is 1. The molecule has 1 aromatic heterocycles. The zero-order valence-corrected chi connectivity index (χ0v) is 11.4. The van der Waals surface area contributed by atoms with Gasteiger partial charge in [0, 0.05) is 45.8 Å². The molecule has 4 N–H and O–H groups in total. The van der Waals surface area contributed by atoms with E-state index in [2.05, 4.69) is 4.98 Å². The number of hydrogen-bond donors (Lipinski definition) is 3. The van der Waals surface area contributed by atoms with Gasteiger partial charge in [0.05, 0.1) is 16.9 Å². The molecule has 0 amide bonds. The third kappa shape index (κ3) is 3.00. The van der Waals surface area contributed by atoms with Gasteiger partial charge >= 0.3 is 5.97 Å². The molecule has 1 saturated heterocycles. The maximum Gasteiger partial charge on any atom is 0.337 e. The highest BCUT2D eigenvalue weighted by Gasteiger charge is 2.32. The van der Waals surface area contributed by atoms with Crippen molar-refractivity contribution in [3.05, 3.63) is 17.8 Å². The van der Waals surface area contributed by atoms with Gasteiger partial charge in [-0.05, 0) is 6.07 Å². The molecule has 7 heteroatoms. The minimum absolute atomic E-state index is 0.0146. The second kappa shape index (κ2) is 5.64. The van der Waals surface area contributed by atoms with Crippen LogP contribution in [0.1, 0.15) is 23.2 Å². The van der Waals surface area contributed by atoms with Gasteiger partial charge in [-0.3, -0.25) is 0 Å². The van der Waals surface area contributed by atoms with Gasteiger partial charge in [-0.1, -0.05) is 0 Å². The van der Waals surface area contributed by atoms with Crippen LogP contribution in [0.25, 0.3) is 0 Å². The van der Waals surface area contributed by atoms with Gasteiger partial charge in [-0.25, -0.2) is 9.78 Å². The summed E-state index contributed by atoms with van der Waals surface area (Å²) in [7, 11) is 1.73. The number of aliphatic hydroxyl groups is 1. The quantitative estimate of drug-likeness (QED) is 0.730. The van der Waals surface area contributed by atoms with Gasteiger partial charge in [0.25, 0.3) is 0 Å². The molecule has 0 aliphatic carbocycles. The number of likely N-dealkylation sites (N-methyl/N-ethyl adjacent to an activating group) is 1. The zero-order chi connectivity index (χ0) is 14.8. The molecule has 0 aromatic carbocycles. The number of aromatic nitrogens is 1. The molecule has 20 heavy (non-hydrogen) atoms. The Morgan fingerprint density at radius 2 is 2.20 bits per heavy atom. The van der Waals surface area contributed by atoms with Crippen LogP contribution < -0.4 is 10.6 Å². The molecular weight excluding hydrogens is 262 g/mol. The summed E-state index contributed by atoms with van der Waals surface area (Å²) < 4.78 is 5.23. The predicted molar refractivity (Wildman–Crippen MR) is 73.9 cm³/mol. The molecule has 1 aliphatic rings. The van der Waals surface area contributed by atoms with Gasteiger partial charge in [0.15, 0.2) is 5.82 Å². The van der Waals surface area contributed by atoms with Crippen molar-refractivity contribution in [1.29, 1.82) is 0 Å². The van der Waals surface area contributed by atoms with Crippen LogP contribution >= 0.6 is 0 Å². The number of nitrogens with two attached hydrogens (primary N) is 1. The lowest BCUT2D eigenvalue weighted by Gasteiger charge is -2.36. The fourth-order valence-electron chi connectivity index (χ4n) is 2.38. The molecule has 0 radical (unpaired) electrons. The number of carboxylic acids is 1. The first kappa shape index (κ1) is 14.5. The Bertz CT molecular complexity index is 500. The van der Waals surface area contributed by atoms with Gasteiger partial charge < -0.3 is 25.6 Å². The zero-order valence-electron chi connectivity index (χ0n) is 11.4. The summed E-state index contributed by atoms with van der Waals surface area (Å²) in [6.45, 7) is 1.36. The Kier molecular flexibility index (Phi) is 4.10. The highest BCUT2D eigenvalue weighted by atomic mass is 16.5. The van der Waals surface area contributed by atoms with Gasteiger partial charge in [0.1, 0.15) is 0 Å². The summed E-state index contributed by atoms with van der Waals surface area (Å²) in [6.07, 6.45) is 2.48. The van der Waals surface area contributed by atoms with E-state index >= 15 is 0 Å². The normalized spacial score (nSPS) is 17.7. The van der Waals surface area contributed by atoms with E-state index in [4.69, 9.17) is 15.6 Å². The first-order valence-corrected chi connectivity index (χ1v) is 6.42. The van der Waals surface area contributed by atoms with Gasteiger partial charge in [0.2, 0.25) is 0 Å². The van der Waals surface area contributed by atoms with E-state index in [-0.39, 0.29) is 11.3 Å². The highest BCUT2D eigenvalue weighted by Crippen LogP contribution is 2.27. The summed E-state index contributed by atoms with van der Waals surface area (Å²) in [6, 6.07) is 1.36. The highest BCUT2D eigenvalue weighted by molar-refractivity contribution is 5.96. The third-order valence-electron chi connectivity index (χ3n) is 3.52. The van der Waals surface area contributed by atoms with Crippen molar-refractivity contribution in [1.82, 2.24) is 4.98 Å². The first-order chi connectivity index (χ1) is 9.43. The summed E-state index contributed by atoms with van der Waals surface area (Å²) in [4.78, 5) is 16.9. The number of nitrogen functional groups attached to an aromatic ring is 1. The van der Waals surface area contributed by atoms with Crippen LogP contribution in [0.4, 0.5) is 11.5 Å². The average Bonchev–Trinajstić information content (AvgIpc) is 2.38. The fourth-order valence-corrected chi connectivity index (χ4v) is 2.38. The van der Waals surface area contributed by atoms with E-state index in [9.17, 15) is 9.90 Å². The lowest BCUT2D eigenvalue weighted by Crippen LogP contribution is -2.46. The average molecular weight is 281 g/mol. The molecular formula is C13H19N3O4. The Hall–Kier alpha value is -1.86. The Labute approximate surface area is 117 Å². The van der Waals surface area contributed by atoms with Crippen LogP contribution in [0.5, 0.6) is 0 Å². The number of rotatable bonds is 4. The number of ether oxygens (including phenoxy) is 1. The molecule has 2 heterocycles. The number of carbonyl (C=O) groups is 1.